The third kappa shape index (κ3) is 5.00. The maximum Gasteiger partial charge on any atom is 0.329 e. The molecule has 36 heavy (non-hydrogen) atoms. The highest BCUT2D eigenvalue weighted by Crippen LogP contribution is 2.29. The van der Waals surface area contributed by atoms with Crippen molar-refractivity contribution in [2.75, 3.05) is 39.5 Å². The summed E-state index contributed by atoms with van der Waals surface area (Å²) >= 11 is 0. The van der Waals surface area contributed by atoms with Crippen LogP contribution in [0.5, 0.6) is 0 Å². The number of benzene rings is 1. The van der Waals surface area contributed by atoms with Gasteiger partial charge in [0, 0.05) is 43.1 Å². The number of carbonyl (C=O) groups is 3. The van der Waals surface area contributed by atoms with E-state index in [1.807, 2.05) is 18.2 Å². The van der Waals surface area contributed by atoms with Crippen molar-refractivity contribution in [3.05, 3.63) is 47.8 Å². The second-order valence-corrected chi connectivity index (χ2v) is 9.46. The number of aliphatic hydroxyl groups excluding tert-OH is 1. The van der Waals surface area contributed by atoms with Crippen LogP contribution in [0.1, 0.15) is 17.7 Å². The van der Waals surface area contributed by atoms with Crippen molar-refractivity contribution in [3.8, 4) is 11.1 Å². The number of amides is 2. The summed E-state index contributed by atoms with van der Waals surface area (Å²) in [6.07, 6.45) is 1.24. The van der Waals surface area contributed by atoms with Crippen molar-refractivity contribution >= 4 is 17.9 Å². The number of aromatic nitrogens is 1. The fraction of sp³-hybridized carbons (Fsp3) is 0.480. The largest absolute Gasteiger partial charge is 0.480 e. The Labute approximate surface area is 208 Å². The van der Waals surface area contributed by atoms with Crippen molar-refractivity contribution in [3.63, 3.8) is 0 Å². The highest BCUT2D eigenvalue weighted by Gasteiger charge is 2.41. The Morgan fingerprint density at radius 1 is 1.14 bits per heavy atom. The number of aliphatic carboxylic acids is 1. The molecule has 3 aliphatic rings. The molecule has 0 aliphatic carbocycles. The molecule has 1 aromatic carbocycles. The van der Waals surface area contributed by atoms with Crippen molar-refractivity contribution in [2.45, 2.75) is 37.6 Å². The van der Waals surface area contributed by atoms with E-state index in [9.17, 15) is 24.6 Å². The smallest absolute Gasteiger partial charge is 0.329 e. The van der Waals surface area contributed by atoms with E-state index in [-0.39, 0.29) is 19.6 Å². The van der Waals surface area contributed by atoms with Gasteiger partial charge in [-0.3, -0.25) is 19.6 Å². The number of carboxylic acid groups (broad SMARTS) is 1. The molecule has 3 unspecified atom stereocenters. The predicted molar refractivity (Wildman–Crippen MR) is 129 cm³/mol. The van der Waals surface area contributed by atoms with Crippen LogP contribution in [0.4, 0.5) is 4.79 Å². The molecule has 5 rings (SSSR count). The van der Waals surface area contributed by atoms with E-state index in [1.165, 1.54) is 15.0 Å². The molecule has 0 spiro atoms. The minimum Gasteiger partial charge on any atom is -0.480 e. The van der Waals surface area contributed by atoms with Gasteiger partial charge in [0.15, 0.2) is 0 Å². The Bertz CT molecular complexity index is 1130. The highest BCUT2D eigenvalue weighted by atomic mass is 16.5. The fourth-order valence-corrected chi connectivity index (χ4v) is 5.05. The van der Waals surface area contributed by atoms with Gasteiger partial charge in [0.2, 0.25) is 0 Å². The standard InChI is InChI=1S/C25H31N5O6/c31-22-20(26-15-27-23(22)32)12-21(24(33)34)30-14-19-11-18(13-29(19)25(30)35)17-3-1-16(2-4-17)5-6-28-7-9-36-10-8-28/h1-4,11,13,20-22,26,31H,5-10,12,14-15H2,(H,27,32)(H,33,34). The number of hydrogen-bond donors (Lipinski definition) is 4. The summed E-state index contributed by atoms with van der Waals surface area (Å²) in [7, 11) is 0. The molecule has 0 bridgehead atoms. The lowest BCUT2D eigenvalue weighted by atomic mass is 9.99. The van der Waals surface area contributed by atoms with E-state index in [2.05, 4.69) is 27.7 Å². The summed E-state index contributed by atoms with van der Waals surface area (Å²) in [5.74, 6) is -1.74. The molecular weight excluding hydrogens is 466 g/mol. The van der Waals surface area contributed by atoms with Crippen LogP contribution in [0.25, 0.3) is 11.1 Å². The molecule has 4 heterocycles. The van der Waals surface area contributed by atoms with Gasteiger partial charge in [0.05, 0.1) is 26.4 Å². The topological polar surface area (TPSA) is 136 Å². The first-order chi connectivity index (χ1) is 17.4. The van der Waals surface area contributed by atoms with E-state index in [4.69, 9.17) is 4.74 Å². The van der Waals surface area contributed by atoms with Crippen LogP contribution < -0.4 is 10.6 Å². The van der Waals surface area contributed by atoms with Crippen molar-refractivity contribution < 1.29 is 29.3 Å². The summed E-state index contributed by atoms with van der Waals surface area (Å²) in [6.45, 7) is 4.79. The second-order valence-electron chi connectivity index (χ2n) is 9.46. The molecule has 192 valence electrons. The molecule has 0 radical (unpaired) electrons. The number of aliphatic hydroxyl groups is 1. The lowest BCUT2D eigenvalue weighted by molar-refractivity contribution is -0.144. The zero-order valence-corrected chi connectivity index (χ0v) is 19.9. The van der Waals surface area contributed by atoms with Gasteiger partial charge < -0.3 is 25.2 Å². The Balaban J connectivity index is 1.23. The van der Waals surface area contributed by atoms with Crippen LogP contribution in [0.15, 0.2) is 36.5 Å². The van der Waals surface area contributed by atoms with Gasteiger partial charge in [-0.15, -0.1) is 0 Å². The van der Waals surface area contributed by atoms with Crippen LogP contribution in [0.3, 0.4) is 0 Å². The van der Waals surface area contributed by atoms with Gasteiger partial charge in [-0.25, -0.2) is 9.59 Å². The summed E-state index contributed by atoms with van der Waals surface area (Å²) in [4.78, 5) is 40.5. The Hall–Kier alpha value is -3.25. The normalized spacial score (nSPS) is 23.4. The van der Waals surface area contributed by atoms with E-state index < -0.39 is 36.1 Å². The molecular formula is C25H31N5O6. The molecule has 2 aromatic rings. The second kappa shape index (κ2) is 10.4. The van der Waals surface area contributed by atoms with E-state index >= 15 is 0 Å². The van der Waals surface area contributed by atoms with Crippen LogP contribution in [-0.2, 0) is 27.3 Å². The van der Waals surface area contributed by atoms with E-state index in [0.717, 1.165) is 50.4 Å². The Morgan fingerprint density at radius 2 is 1.89 bits per heavy atom. The van der Waals surface area contributed by atoms with Crippen molar-refractivity contribution in [1.29, 1.82) is 0 Å². The number of fused-ring (bicyclic) bond motifs is 1. The summed E-state index contributed by atoms with van der Waals surface area (Å²) in [6, 6.07) is 7.83. The number of rotatable bonds is 8. The minimum atomic E-state index is -1.37. The monoisotopic (exact) mass is 497 g/mol. The zero-order valence-electron chi connectivity index (χ0n) is 19.9. The summed E-state index contributed by atoms with van der Waals surface area (Å²) < 4.78 is 6.88. The van der Waals surface area contributed by atoms with Crippen LogP contribution in [0.2, 0.25) is 0 Å². The molecule has 1 aromatic heterocycles. The number of hydrogen-bond acceptors (Lipinski definition) is 7. The van der Waals surface area contributed by atoms with Gasteiger partial charge in [-0.1, -0.05) is 24.3 Å². The summed E-state index contributed by atoms with van der Waals surface area (Å²) in [5, 5.41) is 25.3. The van der Waals surface area contributed by atoms with Crippen LogP contribution >= 0.6 is 0 Å². The summed E-state index contributed by atoms with van der Waals surface area (Å²) in [5.41, 5.74) is 3.83. The minimum absolute atomic E-state index is 0.0841. The highest BCUT2D eigenvalue weighted by molar-refractivity contribution is 5.88. The number of carbonyl (C=O) groups excluding carboxylic acids is 2. The first-order valence-corrected chi connectivity index (χ1v) is 12.2. The average molecular weight is 498 g/mol. The Morgan fingerprint density at radius 3 is 2.58 bits per heavy atom. The van der Waals surface area contributed by atoms with Crippen molar-refractivity contribution in [2.24, 2.45) is 0 Å². The quantitative estimate of drug-likeness (QED) is 0.402. The van der Waals surface area contributed by atoms with Gasteiger partial charge in [-0.05, 0) is 30.0 Å². The average Bonchev–Trinajstić information content (AvgIpc) is 3.43. The molecule has 11 nitrogen and oxygen atoms in total. The number of morpholine rings is 1. The maximum atomic E-state index is 13.1. The van der Waals surface area contributed by atoms with Gasteiger partial charge in [0.1, 0.15) is 12.1 Å². The number of nitrogens with one attached hydrogen (secondary N) is 2. The van der Waals surface area contributed by atoms with Gasteiger partial charge in [-0.2, -0.15) is 0 Å². The van der Waals surface area contributed by atoms with E-state index in [1.54, 1.807) is 6.20 Å². The first-order valence-electron chi connectivity index (χ1n) is 12.2. The molecule has 0 saturated carbocycles. The SMILES string of the molecule is O=C1NCNC(CC(C(=O)O)N2Cc3cc(-c4ccc(CCN5CCOCC5)cc4)cn3C2=O)C1O. The third-order valence-electron chi connectivity index (χ3n) is 7.21. The molecule has 3 aliphatic heterocycles. The molecule has 2 saturated heterocycles. The molecule has 3 atom stereocenters. The van der Waals surface area contributed by atoms with Gasteiger partial charge >= 0.3 is 12.0 Å². The molecule has 2 fully saturated rings. The predicted octanol–water partition coefficient (Wildman–Crippen LogP) is 0.0632. The lowest BCUT2D eigenvalue weighted by Gasteiger charge is -2.33. The Kier molecular flexibility index (Phi) is 7.06. The number of ether oxygens (including phenoxy) is 1. The molecule has 4 N–H and O–H groups in total. The lowest BCUT2D eigenvalue weighted by Crippen LogP contribution is -2.60. The third-order valence-corrected chi connectivity index (χ3v) is 7.21. The molecule has 2 amide bonds. The maximum absolute atomic E-state index is 13.1. The van der Waals surface area contributed by atoms with E-state index in [0.29, 0.717) is 5.69 Å². The van der Waals surface area contributed by atoms with Gasteiger partial charge in [0.25, 0.3) is 5.91 Å². The van der Waals surface area contributed by atoms with Crippen molar-refractivity contribution in [1.82, 2.24) is 25.0 Å². The zero-order chi connectivity index (χ0) is 25.2. The number of carboxylic acids is 1. The number of nitrogens with zero attached hydrogens (tertiary/aromatic N) is 3. The van der Waals surface area contributed by atoms with Crippen LogP contribution in [-0.4, -0.2) is 100 Å². The molecule has 11 heteroatoms. The first kappa shape index (κ1) is 24.4. The fourth-order valence-electron chi connectivity index (χ4n) is 5.05. The van der Waals surface area contributed by atoms with Crippen LogP contribution in [0, 0.1) is 0 Å².